The van der Waals surface area contributed by atoms with Gasteiger partial charge in [0.05, 0.1) is 11.4 Å². The zero-order chi connectivity index (χ0) is 22.1. The van der Waals surface area contributed by atoms with Crippen molar-refractivity contribution < 1.29 is 9.53 Å². The summed E-state index contributed by atoms with van der Waals surface area (Å²) in [5.41, 5.74) is 1.90. The van der Waals surface area contributed by atoms with Gasteiger partial charge in [0.2, 0.25) is 0 Å². The monoisotopic (exact) mass is 441 g/mol. The Balaban J connectivity index is 1.68. The molecule has 0 spiro atoms. The Bertz CT molecular complexity index is 1180. The normalized spacial score (nSPS) is 16.6. The van der Waals surface area contributed by atoms with Crippen molar-refractivity contribution in [2.45, 2.75) is 6.92 Å². The van der Waals surface area contributed by atoms with Gasteiger partial charge in [-0.3, -0.25) is 19.5 Å². The number of carbonyl (C=O) groups excluding carboxylic acids is 1. The Morgan fingerprint density at radius 3 is 1.91 bits per heavy atom. The number of pyridine rings is 2. The van der Waals surface area contributed by atoms with Crippen LogP contribution >= 0.6 is 12.2 Å². The van der Waals surface area contributed by atoms with Crippen molar-refractivity contribution in [1.82, 2.24) is 14.9 Å². The van der Waals surface area contributed by atoms with Crippen LogP contribution in [-0.4, -0.2) is 32.5 Å². The van der Waals surface area contributed by atoms with Crippen molar-refractivity contribution in [3.8, 4) is 0 Å². The van der Waals surface area contributed by atoms with E-state index in [4.69, 9.17) is 17.0 Å². The van der Waals surface area contributed by atoms with Crippen molar-refractivity contribution in [2.24, 2.45) is 0 Å². The van der Waals surface area contributed by atoms with E-state index in [1.165, 1.54) is 4.90 Å². The average Bonchev–Trinajstić information content (AvgIpc) is 3.31. The number of benzene rings is 1. The van der Waals surface area contributed by atoms with E-state index in [2.05, 4.69) is 9.97 Å². The molecule has 5 rings (SSSR count). The molecule has 0 aliphatic carbocycles. The van der Waals surface area contributed by atoms with Gasteiger partial charge in [0.15, 0.2) is 5.76 Å². The average molecular weight is 442 g/mol. The van der Waals surface area contributed by atoms with Gasteiger partial charge in [0.1, 0.15) is 17.5 Å². The fourth-order valence-electron chi connectivity index (χ4n) is 3.73. The predicted octanol–water partition coefficient (Wildman–Crippen LogP) is 4.66. The van der Waals surface area contributed by atoms with Crippen LogP contribution in [0.25, 0.3) is 0 Å². The highest BCUT2D eigenvalue weighted by molar-refractivity contribution is 7.80. The summed E-state index contributed by atoms with van der Waals surface area (Å²) in [7, 11) is 0. The largest absolute Gasteiger partial charge is 0.426 e. The molecule has 0 saturated carbocycles. The summed E-state index contributed by atoms with van der Waals surface area (Å²) in [5, 5.41) is 0.167. The summed E-state index contributed by atoms with van der Waals surface area (Å²) < 4.78 is 5.55. The fourth-order valence-corrected chi connectivity index (χ4v) is 4.03. The van der Waals surface area contributed by atoms with Crippen molar-refractivity contribution in [3.05, 3.63) is 96.8 Å². The maximum Gasteiger partial charge on any atom is 0.297 e. The van der Waals surface area contributed by atoms with Gasteiger partial charge >= 0.3 is 0 Å². The number of anilines is 4. The van der Waals surface area contributed by atoms with E-state index in [0.29, 0.717) is 6.54 Å². The first-order chi connectivity index (χ1) is 15.7. The van der Waals surface area contributed by atoms with E-state index < -0.39 is 0 Å². The predicted molar refractivity (Wildman–Crippen MR) is 126 cm³/mol. The number of likely N-dealkylation sites (N-methyl/N-ethyl adjacent to an activating group) is 1. The Labute approximate surface area is 190 Å². The van der Waals surface area contributed by atoms with Gasteiger partial charge in [0.25, 0.3) is 11.1 Å². The quantitative estimate of drug-likeness (QED) is 0.431. The number of aromatic nitrogens is 2. The second kappa shape index (κ2) is 8.24. The second-order valence-corrected chi connectivity index (χ2v) is 7.36. The van der Waals surface area contributed by atoms with Gasteiger partial charge in [-0.2, -0.15) is 0 Å². The number of para-hydroxylation sites is 2. The number of amides is 1. The second-order valence-electron chi connectivity index (χ2n) is 7.01. The minimum absolute atomic E-state index is 0.167. The summed E-state index contributed by atoms with van der Waals surface area (Å²) in [4.78, 5) is 27.2. The molecule has 0 atom stereocenters. The topological polar surface area (TPSA) is 61.8 Å². The van der Waals surface area contributed by atoms with E-state index in [1.54, 1.807) is 18.5 Å². The summed E-state index contributed by atoms with van der Waals surface area (Å²) in [6.07, 6.45) is 6.98. The third-order valence-electron chi connectivity index (χ3n) is 5.15. The summed E-state index contributed by atoms with van der Waals surface area (Å²) in [6, 6.07) is 19.5. The molecule has 1 amide bonds. The number of hydrogen-bond acceptors (Lipinski definition) is 7. The highest BCUT2D eigenvalue weighted by Gasteiger charge is 2.35. The van der Waals surface area contributed by atoms with Crippen molar-refractivity contribution in [3.63, 3.8) is 0 Å². The van der Waals surface area contributed by atoms with Gasteiger partial charge in [0, 0.05) is 18.9 Å². The molecule has 1 fully saturated rings. The van der Waals surface area contributed by atoms with E-state index in [1.807, 2.05) is 83.5 Å². The van der Waals surface area contributed by atoms with Crippen LogP contribution in [0.3, 0.4) is 0 Å². The minimum atomic E-state index is -0.251. The Hall–Kier alpha value is -4.04. The number of hydrogen-bond donors (Lipinski definition) is 0. The Morgan fingerprint density at radius 2 is 1.44 bits per heavy atom. The molecule has 158 valence electrons. The molecule has 32 heavy (non-hydrogen) atoms. The van der Waals surface area contributed by atoms with E-state index in [-0.39, 0.29) is 16.8 Å². The lowest BCUT2D eigenvalue weighted by molar-refractivity contribution is -0.122. The van der Waals surface area contributed by atoms with Crippen LogP contribution in [0.1, 0.15) is 6.92 Å². The van der Waals surface area contributed by atoms with Crippen LogP contribution in [0.15, 0.2) is 96.8 Å². The first-order valence-electron chi connectivity index (χ1n) is 10.2. The molecule has 0 unspecified atom stereocenters. The van der Waals surface area contributed by atoms with E-state index in [9.17, 15) is 4.79 Å². The van der Waals surface area contributed by atoms with Crippen molar-refractivity contribution in [2.75, 3.05) is 16.3 Å². The number of thiocarbonyl (C=S) groups is 1. The highest BCUT2D eigenvalue weighted by atomic mass is 32.1. The first kappa shape index (κ1) is 19.9. The van der Waals surface area contributed by atoms with Gasteiger partial charge in [-0.25, -0.2) is 9.97 Å². The molecule has 7 nitrogen and oxygen atoms in total. The molecule has 3 aromatic rings. The minimum Gasteiger partial charge on any atom is -0.426 e. The molecule has 2 aliphatic heterocycles. The molecular weight excluding hydrogens is 422 g/mol. The number of rotatable bonds is 4. The van der Waals surface area contributed by atoms with Gasteiger partial charge < -0.3 is 4.74 Å². The SMILES string of the molecule is CCN1C(=O)/C(=C/C=C2N(c3ccccn3)c3ccccc3N2c2ccccn2)OC1=S. The molecule has 0 bridgehead atoms. The lowest BCUT2D eigenvalue weighted by Gasteiger charge is -2.24. The highest BCUT2D eigenvalue weighted by Crippen LogP contribution is 2.48. The number of ether oxygens (including phenoxy) is 1. The molecule has 8 heteroatoms. The maximum atomic E-state index is 12.6. The standard InChI is InChI=1S/C24H19N5O2S/c1-2-27-23(30)19(31-24(27)32)13-14-22-28(20-11-5-7-15-25-20)17-9-3-4-10-18(17)29(22)21-12-6-8-16-26-21/h3-16H,2H2,1H3/b19-13-. The van der Waals surface area contributed by atoms with Crippen LogP contribution in [0.4, 0.5) is 23.0 Å². The molecule has 4 heterocycles. The third-order valence-corrected chi connectivity index (χ3v) is 5.46. The number of fused-ring (bicyclic) bond motifs is 1. The summed E-state index contributed by atoms with van der Waals surface area (Å²) in [5.74, 6) is 2.18. The van der Waals surface area contributed by atoms with Crippen molar-refractivity contribution in [1.29, 1.82) is 0 Å². The zero-order valence-corrected chi connectivity index (χ0v) is 18.1. The summed E-state index contributed by atoms with van der Waals surface area (Å²) >= 11 is 5.18. The molecule has 2 aliphatic rings. The molecule has 0 radical (unpaired) electrons. The van der Waals surface area contributed by atoms with E-state index in [0.717, 1.165) is 28.8 Å². The Kier molecular flexibility index (Phi) is 5.12. The Morgan fingerprint density at radius 1 is 0.875 bits per heavy atom. The van der Waals surface area contributed by atoms with Gasteiger partial charge in [-0.1, -0.05) is 24.3 Å². The lowest BCUT2D eigenvalue weighted by Crippen LogP contribution is -2.27. The van der Waals surface area contributed by atoms with Crippen LogP contribution in [0.5, 0.6) is 0 Å². The third kappa shape index (κ3) is 3.30. The summed E-state index contributed by atoms with van der Waals surface area (Å²) in [6.45, 7) is 2.31. The molecule has 1 saturated heterocycles. The number of nitrogens with zero attached hydrogens (tertiary/aromatic N) is 5. The lowest BCUT2D eigenvalue weighted by atomic mass is 10.2. The van der Waals surface area contributed by atoms with Crippen LogP contribution < -0.4 is 9.80 Å². The first-order valence-corrected chi connectivity index (χ1v) is 10.6. The van der Waals surface area contributed by atoms with Crippen LogP contribution in [-0.2, 0) is 9.53 Å². The fraction of sp³-hybridized carbons (Fsp3) is 0.0833. The van der Waals surface area contributed by atoms with Crippen LogP contribution in [0, 0.1) is 0 Å². The van der Waals surface area contributed by atoms with E-state index >= 15 is 0 Å². The van der Waals surface area contributed by atoms with Crippen LogP contribution in [0.2, 0.25) is 0 Å². The number of allylic oxidation sites excluding steroid dienone is 2. The molecule has 0 N–H and O–H groups in total. The maximum absolute atomic E-state index is 12.6. The smallest absolute Gasteiger partial charge is 0.297 e. The van der Waals surface area contributed by atoms with Gasteiger partial charge in [-0.05, 0) is 67.7 Å². The van der Waals surface area contributed by atoms with Gasteiger partial charge in [-0.15, -0.1) is 0 Å². The molecular formula is C24H19N5O2S. The molecule has 1 aromatic carbocycles. The molecule has 2 aromatic heterocycles. The van der Waals surface area contributed by atoms with Crippen molar-refractivity contribution >= 4 is 46.3 Å². The number of carbonyl (C=O) groups is 1. The zero-order valence-electron chi connectivity index (χ0n) is 17.3.